The van der Waals surface area contributed by atoms with Crippen molar-refractivity contribution in [1.29, 1.82) is 0 Å². The largest absolute Gasteiger partial charge is 0.481 e. The van der Waals surface area contributed by atoms with Crippen LogP contribution in [0.5, 0.6) is 0 Å². The van der Waals surface area contributed by atoms with E-state index in [2.05, 4.69) is 4.90 Å². The number of alkyl halides is 3. The number of carbonyl (C=O) groups is 2. The Morgan fingerprint density at radius 1 is 1.17 bits per heavy atom. The number of nitrogens with zero attached hydrogens (tertiary/aromatic N) is 1. The molecular weight excluding hydrogens is 325 g/mol. The van der Waals surface area contributed by atoms with Gasteiger partial charge < -0.3 is 15.3 Å². The Morgan fingerprint density at radius 2 is 1.75 bits per heavy atom. The van der Waals surface area contributed by atoms with Crippen LogP contribution < -0.4 is 5.32 Å². The van der Waals surface area contributed by atoms with Gasteiger partial charge in [0.2, 0.25) is 0 Å². The maximum atomic E-state index is 12.2. The molecule has 0 radical (unpaired) electrons. The fourth-order valence-corrected chi connectivity index (χ4v) is 2.65. The summed E-state index contributed by atoms with van der Waals surface area (Å²) in [6.07, 6.45) is -2.92. The van der Waals surface area contributed by atoms with Gasteiger partial charge in [0.05, 0.1) is 5.92 Å². The molecule has 1 aromatic carbocycles. The maximum Gasteiger partial charge on any atom is 0.471 e. The first-order chi connectivity index (χ1) is 11.3. The number of nitrogens with one attached hydrogen (secondary N) is 1. The van der Waals surface area contributed by atoms with Crippen molar-refractivity contribution >= 4 is 17.6 Å². The van der Waals surface area contributed by atoms with Crippen LogP contribution in [0.3, 0.4) is 0 Å². The number of hydrogen-bond donors (Lipinski definition) is 2. The zero-order valence-electron chi connectivity index (χ0n) is 13.0. The average molecular weight is 344 g/mol. The molecular formula is C16H19F3N2O3. The second kappa shape index (κ2) is 7.65. The number of carboxylic acid groups (broad SMARTS) is 1. The molecule has 8 heteroatoms. The summed E-state index contributed by atoms with van der Waals surface area (Å²) in [7, 11) is 0. The molecule has 0 atom stereocenters. The summed E-state index contributed by atoms with van der Waals surface area (Å²) < 4.78 is 36.5. The Morgan fingerprint density at radius 3 is 2.25 bits per heavy atom. The van der Waals surface area contributed by atoms with E-state index in [0.29, 0.717) is 19.3 Å². The minimum atomic E-state index is -4.90. The highest BCUT2D eigenvalue weighted by molar-refractivity contribution is 5.94. The van der Waals surface area contributed by atoms with E-state index in [1.807, 2.05) is 0 Å². The molecule has 0 unspecified atom stereocenters. The number of halogens is 3. The van der Waals surface area contributed by atoms with Crippen molar-refractivity contribution in [3.8, 4) is 0 Å². The monoisotopic (exact) mass is 344 g/mol. The number of anilines is 1. The number of carbonyl (C=O) groups excluding carboxylic acids is 1. The predicted molar refractivity (Wildman–Crippen MR) is 81.6 cm³/mol. The number of hydrogen-bond acceptors (Lipinski definition) is 3. The van der Waals surface area contributed by atoms with Gasteiger partial charge in [-0.2, -0.15) is 13.2 Å². The smallest absolute Gasteiger partial charge is 0.471 e. The van der Waals surface area contributed by atoms with Crippen LogP contribution in [0.25, 0.3) is 0 Å². The Kier molecular flexibility index (Phi) is 5.82. The highest BCUT2D eigenvalue weighted by atomic mass is 19.4. The van der Waals surface area contributed by atoms with E-state index in [4.69, 9.17) is 5.11 Å². The normalized spacial score (nSPS) is 16.8. The lowest BCUT2D eigenvalue weighted by Gasteiger charge is -2.29. The van der Waals surface area contributed by atoms with Gasteiger partial charge in [-0.3, -0.25) is 9.59 Å². The molecule has 1 saturated heterocycles. The first-order valence-electron chi connectivity index (χ1n) is 7.68. The van der Waals surface area contributed by atoms with E-state index >= 15 is 0 Å². The summed E-state index contributed by atoms with van der Waals surface area (Å²) in [5, 5.41) is 10.8. The Balaban J connectivity index is 1.78. The average Bonchev–Trinajstić information content (AvgIpc) is 2.53. The van der Waals surface area contributed by atoms with Crippen molar-refractivity contribution in [2.24, 2.45) is 5.92 Å². The van der Waals surface area contributed by atoms with Crippen LogP contribution in [0.15, 0.2) is 24.3 Å². The Bertz CT molecular complexity index is 579. The topological polar surface area (TPSA) is 69.6 Å². The highest BCUT2D eigenvalue weighted by Gasteiger charge is 2.38. The van der Waals surface area contributed by atoms with Gasteiger partial charge in [-0.05, 0) is 50.0 Å². The number of carboxylic acids is 1. The van der Waals surface area contributed by atoms with Gasteiger partial charge in [-0.15, -0.1) is 0 Å². The summed E-state index contributed by atoms with van der Waals surface area (Å²) in [6.45, 7) is 2.23. The molecule has 132 valence electrons. The lowest BCUT2D eigenvalue weighted by molar-refractivity contribution is -0.167. The third kappa shape index (κ3) is 5.23. The van der Waals surface area contributed by atoms with Crippen molar-refractivity contribution in [2.75, 3.05) is 25.0 Å². The number of rotatable bonds is 5. The number of likely N-dealkylation sites (tertiary alicyclic amines) is 1. The first kappa shape index (κ1) is 18.3. The van der Waals surface area contributed by atoms with Crippen LogP contribution in [0.4, 0.5) is 18.9 Å². The van der Waals surface area contributed by atoms with E-state index in [1.165, 1.54) is 12.1 Å². The lowest BCUT2D eigenvalue weighted by Crippen LogP contribution is -2.37. The summed E-state index contributed by atoms with van der Waals surface area (Å²) in [5.74, 6) is -3.00. The van der Waals surface area contributed by atoms with Gasteiger partial charge in [0.15, 0.2) is 0 Å². The molecule has 1 fully saturated rings. The van der Waals surface area contributed by atoms with Crippen LogP contribution in [0.2, 0.25) is 0 Å². The van der Waals surface area contributed by atoms with Crippen molar-refractivity contribution < 1.29 is 27.9 Å². The fraction of sp³-hybridized carbons (Fsp3) is 0.500. The minimum Gasteiger partial charge on any atom is -0.481 e. The Labute approximate surface area is 137 Å². The molecule has 1 aliphatic heterocycles. The molecule has 24 heavy (non-hydrogen) atoms. The molecule has 0 saturated carbocycles. The molecule has 1 aromatic rings. The van der Waals surface area contributed by atoms with Crippen molar-refractivity contribution in [3.05, 3.63) is 29.8 Å². The quantitative estimate of drug-likeness (QED) is 0.861. The number of aliphatic carboxylic acids is 1. The second-order valence-electron chi connectivity index (χ2n) is 5.85. The van der Waals surface area contributed by atoms with E-state index in [-0.39, 0.29) is 11.6 Å². The molecule has 0 aliphatic carbocycles. The van der Waals surface area contributed by atoms with Gasteiger partial charge in [-0.25, -0.2) is 0 Å². The molecule has 0 bridgehead atoms. The summed E-state index contributed by atoms with van der Waals surface area (Å²) in [5.41, 5.74) is 1.05. The number of amides is 1. The molecule has 1 heterocycles. The molecule has 5 nitrogen and oxygen atoms in total. The predicted octanol–water partition coefficient (Wildman–Crippen LogP) is 2.53. The zero-order chi connectivity index (χ0) is 17.7. The van der Waals surface area contributed by atoms with Crippen molar-refractivity contribution in [1.82, 2.24) is 4.90 Å². The van der Waals surface area contributed by atoms with Gasteiger partial charge in [-0.1, -0.05) is 12.1 Å². The summed E-state index contributed by atoms with van der Waals surface area (Å²) >= 11 is 0. The van der Waals surface area contributed by atoms with E-state index in [9.17, 15) is 22.8 Å². The van der Waals surface area contributed by atoms with Gasteiger partial charge in [0.1, 0.15) is 0 Å². The minimum absolute atomic E-state index is 0.100. The SMILES string of the molecule is O=C(O)C1CCN(CCc2ccc(NC(=O)C(F)(F)F)cc2)CC1. The number of benzene rings is 1. The first-order valence-corrected chi connectivity index (χ1v) is 7.68. The van der Waals surface area contributed by atoms with E-state index in [0.717, 1.165) is 25.2 Å². The highest BCUT2D eigenvalue weighted by Crippen LogP contribution is 2.20. The third-order valence-corrected chi connectivity index (χ3v) is 4.12. The summed E-state index contributed by atoms with van der Waals surface area (Å²) in [6, 6.07) is 6.23. The van der Waals surface area contributed by atoms with Gasteiger partial charge in [0, 0.05) is 12.2 Å². The molecule has 2 N–H and O–H groups in total. The Hall–Kier alpha value is -2.09. The third-order valence-electron chi connectivity index (χ3n) is 4.12. The summed E-state index contributed by atoms with van der Waals surface area (Å²) in [4.78, 5) is 23.9. The fourth-order valence-electron chi connectivity index (χ4n) is 2.65. The molecule has 1 amide bonds. The van der Waals surface area contributed by atoms with Crippen LogP contribution in [0.1, 0.15) is 18.4 Å². The van der Waals surface area contributed by atoms with Crippen LogP contribution in [-0.2, 0) is 16.0 Å². The van der Waals surface area contributed by atoms with Crippen LogP contribution in [-0.4, -0.2) is 47.7 Å². The maximum absolute atomic E-state index is 12.2. The molecule has 0 spiro atoms. The van der Waals surface area contributed by atoms with Crippen molar-refractivity contribution in [3.63, 3.8) is 0 Å². The van der Waals surface area contributed by atoms with Crippen LogP contribution >= 0.6 is 0 Å². The standard InChI is InChI=1S/C16H19F3N2O3/c17-16(18,19)15(24)20-13-3-1-11(2-4-13)5-8-21-9-6-12(7-10-21)14(22)23/h1-4,12H,5-10H2,(H,20,24)(H,22,23). The van der Waals surface area contributed by atoms with Crippen LogP contribution in [0, 0.1) is 5.92 Å². The second-order valence-corrected chi connectivity index (χ2v) is 5.85. The molecule has 1 aliphatic rings. The van der Waals surface area contributed by atoms with Gasteiger partial charge in [0.25, 0.3) is 0 Å². The van der Waals surface area contributed by atoms with Crippen molar-refractivity contribution in [2.45, 2.75) is 25.4 Å². The molecule has 2 rings (SSSR count). The lowest BCUT2D eigenvalue weighted by atomic mass is 9.97. The number of piperidine rings is 1. The van der Waals surface area contributed by atoms with E-state index in [1.54, 1.807) is 17.4 Å². The molecule has 0 aromatic heterocycles. The zero-order valence-corrected chi connectivity index (χ0v) is 13.0. The van der Waals surface area contributed by atoms with E-state index < -0.39 is 18.1 Å². The van der Waals surface area contributed by atoms with Gasteiger partial charge >= 0.3 is 18.1 Å².